The van der Waals surface area contributed by atoms with Gasteiger partial charge in [0.2, 0.25) is 0 Å². The van der Waals surface area contributed by atoms with Crippen molar-refractivity contribution in [2.45, 2.75) is 12.8 Å². The van der Waals surface area contributed by atoms with Crippen LogP contribution in [0, 0.1) is 17.7 Å². The minimum absolute atomic E-state index is 0.106. The molecular weight excluding hydrogens is 222 g/mol. The summed E-state index contributed by atoms with van der Waals surface area (Å²) in [6, 6.07) is 4.44. The Hall–Kier alpha value is -0.710. The molecule has 0 atom stereocenters. The van der Waals surface area contributed by atoms with E-state index in [1.165, 1.54) is 12.1 Å². The number of hydrogen-bond acceptors (Lipinski definition) is 0. The lowest BCUT2D eigenvalue weighted by Crippen LogP contribution is -1.79. The summed E-state index contributed by atoms with van der Waals surface area (Å²) in [7, 11) is 0. The van der Waals surface area contributed by atoms with E-state index in [2.05, 4.69) is 11.8 Å². The molecule has 0 radical (unpaired) electrons. The lowest BCUT2D eigenvalue weighted by atomic mass is 10.2. The molecule has 0 saturated heterocycles. The van der Waals surface area contributed by atoms with E-state index in [4.69, 9.17) is 23.2 Å². The van der Waals surface area contributed by atoms with E-state index in [0.717, 1.165) is 18.4 Å². The second kappa shape index (κ2) is 5.90. The van der Waals surface area contributed by atoms with E-state index in [1.54, 1.807) is 6.07 Å². The molecule has 3 heteroatoms. The highest BCUT2D eigenvalue weighted by molar-refractivity contribution is 6.30. The molecule has 0 aliphatic rings. The van der Waals surface area contributed by atoms with Gasteiger partial charge in [-0.2, -0.15) is 0 Å². The summed E-state index contributed by atoms with van der Waals surface area (Å²) in [6.45, 7) is 0. The predicted molar refractivity (Wildman–Crippen MR) is 58.2 cm³/mol. The monoisotopic (exact) mass is 230 g/mol. The van der Waals surface area contributed by atoms with Crippen LogP contribution in [-0.2, 0) is 0 Å². The Bertz CT molecular complexity index is 363. The Morgan fingerprint density at radius 1 is 1.36 bits per heavy atom. The summed E-state index contributed by atoms with van der Waals surface area (Å²) in [5, 5.41) is 0.106. The summed E-state index contributed by atoms with van der Waals surface area (Å²) in [4.78, 5) is 0. The van der Waals surface area contributed by atoms with Crippen LogP contribution in [0.2, 0.25) is 5.02 Å². The second-order valence-electron chi connectivity index (χ2n) is 2.72. The molecule has 0 fully saturated rings. The third-order valence-corrected chi connectivity index (χ3v) is 2.14. The van der Waals surface area contributed by atoms with Crippen LogP contribution < -0.4 is 0 Å². The van der Waals surface area contributed by atoms with E-state index < -0.39 is 5.82 Å². The summed E-state index contributed by atoms with van der Waals surface area (Å²) in [6.07, 6.45) is 1.61. The van der Waals surface area contributed by atoms with Crippen molar-refractivity contribution >= 4 is 23.2 Å². The molecule has 0 aromatic heterocycles. The van der Waals surface area contributed by atoms with Crippen LogP contribution in [0.3, 0.4) is 0 Å². The van der Waals surface area contributed by atoms with Crippen molar-refractivity contribution in [3.05, 3.63) is 34.6 Å². The highest BCUT2D eigenvalue weighted by atomic mass is 35.5. The highest BCUT2D eigenvalue weighted by Gasteiger charge is 1.97. The molecule has 1 aromatic carbocycles. The SMILES string of the molecule is Fc1ccc(C#CCCCCl)cc1Cl. The minimum atomic E-state index is -0.419. The minimum Gasteiger partial charge on any atom is -0.205 e. The van der Waals surface area contributed by atoms with E-state index in [9.17, 15) is 4.39 Å². The fraction of sp³-hybridized carbons (Fsp3) is 0.273. The fourth-order valence-corrected chi connectivity index (χ4v) is 1.21. The van der Waals surface area contributed by atoms with Crippen LogP contribution in [0.4, 0.5) is 4.39 Å². The molecule has 0 nitrogen and oxygen atoms in total. The van der Waals surface area contributed by atoms with Crippen molar-refractivity contribution in [3.63, 3.8) is 0 Å². The largest absolute Gasteiger partial charge is 0.205 e. The molecule has 1 rings (SSSR count). The first-order valence-corrected chi connectivity index (χ1v) is 5.15. The van der Waals surface area contributed by atoms with Crippen molar-refractivity contribution in [3.8, 4) is 11.8 Å². The summed E-state index contributed by atoms with van der Waals surface area (Å²) >= 11 is 11.1. The van der Waals surface area contributed by atoms with Gasteiger partial charge in [0.1, 0.15) is 5.82 Å². The predicted octanol–water partition coefficient (Wildman–Crippen LogP) is 3.85. The maximum Gasteiger partial charge on any atom is 0.141 e. The zero-order valence-corrected chi connectivity index (χ0v) is 9.00. The molecule has 0 aliphatic heterocycles. The van der Waals surface area contributed by atoms with Gasteiger partial charge in [-0.05, 0) is 24.6 Å². The molecule has 0 saturated carbocycles. The summed E-state index contributed by atoms with van der Waals surface area (Å²) in [5.41, 5.74) is 0.728. The van der Waals surface area contributed by atoms with Gasteiger partial charge in [-0.15, -0.1) is 11.6 Å². The number of hydrogen-bond donors (Lipinski definition) is 0. The Labute approximate surface area is 93.0 Å². The molecule has 0 N–H and O–H groups in total. The van der Waals surface area contributed by atoms with Crippen LogP contribution in [0.1, 0.15) is 18.4 Å². The van der Waals surface area contributed by atoms with Crippen LogP contribution in [0.5, 0.6) is 0 Å². The molecule has 0 bridgehead atoms. The van der Waals surface area contributed by atoms with Crippen LogP contribution in [0.15, 0.2) is 18.2 Å². The number of rotatable bonds is 2. The van der Waals surface area contributed by atoms with Crippen molar-refractivity contribution in [1.29, 1.82) is 0 Å². The molecule has 74 valence electrons. The fourth-order valence-electron chi connectivity index (χ4n) is 0.894. The standard InChI is InChI=1S/C11H9Cl2F/c12-7-3-1-2-4-9-5-6-11(14)10(13)8-9/h5-6,8H,1,3,7H2. The zero-order valence-electron chi connectivity index (χ0n) is 7.49. The Morgan fingerprint density at radius 3 is 2.79 bits per heavy atom. The molecular formula is C11H9Cl2F. The molecule has 14 heavy (non-hydrogen) atoms. The van der Waals surface area contributed by atoms with Crippen molar-refractivity contribution < 1.29 is 4.39 Å². The van der Waals surface area contributed by atoms with Gasteiger partial charge in [0.25, 0.3) is 0 Å². The number of halogens is 3. The van der Waals surface area contributed by atoms with Gasteiger partial charge in [-0.1, -0.05) is 23.4 Å². The van der Waals surface area contributed by atoms with Gasteiger partial charge in [0.15, 0.2) is 0 Å². The average molecular weight is 231 g/mol. The number of unbranched alkanes of at least 4 members (excludes halogenated alkanes) is 1. The van der Waals surface area contributed by atoms with E-state index >= 15 is 0 Å². The lowest BCUT2D eigenvalue weighted by molar-refractivity contribution is 0.628. The quantitative estimate of drug-likeness (QED) is 0.412. The topological polar surface area (TPSA) is 0 Å². The van der Waals surface area contributed by atoms with Crippen LogP contribution in [0.25, 0.3) is 0 Å². The highest BCUT2D eigenvalue weighted by Crippen LogP contribution is 2.15. The third kappa shape index (κ3) is 3.57. The number of benzene rings is 1. The Balaban J connectivity index is 2.66. The van der Waals surface area contributed by atoms with Gasteiger partial charge in [0, 0.05) is 17.9 Å². The zero-order chi connectivity index (χ0) is 10.4. The Morgan fingerprint density at radius 2 is 2.14 bits per heavy atom. The molecule has 1 aromatic rings. The van der Waals surface area contributed by atoms with Crippen LogP contribution in [-0.4, -0.2) is 5.88 Å². The normalized spacial score (nSPS) is 9.36. The molecule has 0 unspecified atom stereocenters. The second-order valence-corrected chi connectivity index (χ2v) is 3.51. The van der Waals surface area contributed by atoms with Crippen molar-refractivity contribution in [2.24, 2.45) is 0 Å². The molecule has 0 amide bonds. The van der Waals surface area contributed by atoms with Crippen LogP contribution >= 0.6 is 23.2 Å². The van der Waals surface area contributed by atoms with E-state index in [-0.39, 0.29) is 5.02 Å². The van der Waals surface area contributed by atoms with Gasteiger partial charge in [-0.3, -0.25) is 0 Å². The first-order chi connectivity index (χ1) is 6.74. The molecule has 0 aliphatic carbocycles. The summed E-state index contributed by atoms with van der Waals surface area (Å²) in [5.74, 6) is 6.01. The molecule has 0 spiro atoms. The van der Waals surface area contributed by atoms with E-state index in [1.807, 2.05) is 0 Å². The maximum atomic E-state index is 12.7. The van der Waals surface area contributed by atoms with Gasteiger partial charge in [-0.25, -0.2) is 4.39 Å². The van der Waals surface area contributed by atoms with Crippen molar-refractivity contribution in [1.82, 2.24) is 0 Å². The first kappa shape index (κ1) is 11.4. The third-order valence-electron chi connectivity index (χ3n) is 1.59. The van der Waals surface area contributed by atoms with Crippen molar-refractivity contribution in [2.75, 3.05) is 5.88 Å². The maximum absolute atomic E-state index is 12.7. The van der Waals surface area contributed by atoms with E-state index in [0.29, 0.717) is 5.88 Å². The average Bonchev–Trinajstić information content (AvgIpc) is 2.18. The van der Waals surface area contributed by atoms with Gasteiger partial charge < -0.3 is 0 Å². The molecule has 0 heterocycles. The lowest BCUT2D eigenvalue weighted by Gasteiger charge is -1.93. The smallest absolute Gasteiger partial charge is 0.141 e. The Kier molecular flexibility index (Phi) is 4.79. The summed E-state index contributed by atoms with van der Waals surface area (Å²) < 4.78 is 12.7. The van der Waals surface area contributed by atoms with Gasteiger partial charge in [0.05, 0.1) is 5.02 Å². The van der Waals surface area contributed by atoms with Gasteiger partial charge >= 0.3 is 0 Å². The first-order valence-electron chi connectivity index (χ1n) is 4.24. The number of alkyl halides is 1.